The largest absolute Gasteiger partial charge is 0.382 e. The van der Waals surface area contributed by atoms with E-state index in [0.717, 1.165) is 19.3 Å². The van der Waals surface area contributed by atoms with Crippen molar-refractivity contribution in [2.24, 2.45) is 0 Å². The predicted octanol–water partition coefficient (Wildman–Crippen LogP) is 2.11. The van der Waals surface area contributed by atoms with Crippen LogP contribution in [0.1, 0.15) is 23.4 Å². The molecule has 2 rings (SSSR count). The second-order valence-electron chi connectivity index (χ2n) is 4.04. The minimum absolute atomic E-state index is 0.266. The molecule has 0 bridgehead atoms. The Morgan fingerprint density at radius 1 is 1.17 bits per heavy atom. The molecular formula is C14H14N4. The first-order valence-electron chi connectivity index (χ1n) is 5.85. The van der Waals surface area contributed by atoms with Crippen LogP contribution < -0.4 is 5.73 Å². The average molecular weight is 238 g/mol. The van der Waals surface area contributed by atoms with Crippen molar-refractivity contribution >= 4 is 5.82 Å². The predicted molar refractivity (Wildman–Crippen MR) is 69.6 cm³/mol. The molecule has 0 atom stereocenters. The van der Waals surface area contributed by atoms with Crippen LogP contribution >= 0.6 is 0 Å². The Bertz CT molecular complexity index is 558. The molecule has 0 amide bonds. The molecule has 1 aromatic heterocycles. The van der Waals surface area contributed by atoms with Crippen molar-refractivity contribution in [3.05, 3.63) is 53.5 Å². The van der Waals surface area contributed by atoms with Crippen molar-refractivity contribution in [3.8, 4) is 6.07 Å². The Hall–Kier alpha value is -2.41. The van der Waals surface area contributed by atoms with Crippen LogP contribution in [0.5, 0.6) is 0 Å². The molecule has 0 saturated carbocycles. The number of nitriles is 1. The lowest BCUT2D eigenvalue weighted by atomic mass is 10.1. The first-order chi connectivity index (χ1) is 8.79. The number of hydrogen-bond acceptors (Lipinski definition) is 4. The second kappa shape index (κ2) is 5.78. The van der Waals surface area contributed by atoms with Gasteiger partial charge in [0.25, 0.3) is 0 Å². The summed E-state index contributed by atoms with van der Waals surface area (Å²) in [5.41, 5.74) is 7.28. The molecule has 0 saturated heterocycles. The van der Waals surface area contributed by atoms with Gasteiger partial charge in [0, 0.05) is 6.42 Å². The summed E-state index contributed by atoms with van der Waals surface area (Å²) >= 11 is 0. The summed E-state index contributed by atoms with van der Waals surface area (Å²) in [5.74, 6) is 0.963. The minimum Gasteiger partial charge on any atom is -0.382 e. The van der Waals surface area contributed by atoms with Crippen molar-refractivity contribution in [1.29, 1.82) is 5.26 Å². The maximum atomic E-state index is 8.72. The fourth-order valence-corrected chi connectivity index (χ4v) is 1.74. The fourth-order valence-electron chi connectivity index (χ4n) is 1.74. The van der Waals surface area contributed by atoms with Gasteiger partial charge in [-0.3, -0.25) is 0 Å². The summed E-state index contributed by atoms with van der Waals surface area (Å²) in [6, 6.07) is 12.2. The highest BCUT2D eigenvalue weighted by Crippen LogP contribution is 2.09. The molecule has 1 aromatic carbocycles. The van der Waals surface area contributed by atoms with Crippen molar-refractivity contribution in [2.45, 2.75) is 19.3 Å². The monoisotopic (exact) mass is 238 g/mol. The van der Waals surface area contributed by atoms with Crippen molar-refractivity contribution in [3.63, 3.8) is 0 Å². The van der Waals surface area contributed by atoms with Gasteiger partial charge in [-0.1, -0.05) is 30.3 Å². The quantitative estimate of drug-likeness (QED) is 0.885. The van der Waals surface area contributed by atoms with E-state index in [1.54, 1.807) is 0 Å². The van der Waals surface area contributed by atoms with Gasteiger partial charge in [-0.25, -0.2) is 9.97 Å². The van der Waals surface area contributed by atoms with E-state index in [4.69, 9.17) is 11.0 Å². The van der Waals surface area contributed by atoms with E-state index in [9.17, 15) is 0 Å². The Morgan fingerprint density at radius 3 is 2.61 bits per heavy atom. The van der Waals surface area contributed by atoms with Crippen LogP contribution in [0.4, 0.5) is 5.82 Å². The number of benzene rings is 1. The zero-order chi connectivity index (χ0) is 12.8. The topological polar surface area (TPSA) is 75.6 Å². The van der Waals surface area contributed by atoms with Crippen molar-refractivity contribution in [1.82, 2.24) is 9.97 Å². The molecule has 1 heterocycles. The highest BCUT2D eigenvalue weighted by molar-refractivity contribution is 5.46. The number of nitrogen functional groups attached to an aromatic ring is 1. The van der Waals surface area contributed by atoms with Crippen LogP contribution in [0.3, 0.4) is 0 Å². The van der Waals surface area contributed by atoms with E-state index >= 15 is 0 Å². The van der Waals surface area contributed by atoms with Gasteiger partial charge in [0.2, 0.25) is 0 Å². The highest BCUT2D eigenvalue weighted by Gasteiger charge is 2.03. The normalized spacial score (nSPS) is 9.94. The molecular weight excluding hydrogens is 224 g/mol. The van der Waals surface area contributed by atoms with Crippen LogP contribution in [0.15, 0.2) is 36.5 Å². The van der Waals surface area contributed by atoms with E-state index in [1.165, 1.54) is 11.8 Å². The molecule has 0 aliphatic rings. The Labute approximate surface area is 106 Å². The molecule has 0 spiro atoms. The number of aromatic nitrogens is 2. The zero-order valence-corrected chi connectivity index (χ0v) is 10.0. The standard InChI is InChI=1S/C14H14N4/c15-9-12-10-17-13(18-14(12)16)8-4-7-11-5-2-1-3-6-11/h1-3,5-6,10H,4,7-8H2,(H2,16,17,18). The Balaban J connectivity index is 1.91. The van der Waals surface area contributed by atoms with Crippen LogP contribution in [-0.2, 0) is 12.8 Å². The molecule has 0 radical (unpaired) electrons. The molecule has 90 valence electrons. The first kappa shape index (κ1) is 12.1. The van der Waals surface area contributed by atoms with Gasteiger partial charge in [-0.2, -0.15) is 5.26 Å². The van der Waals surface area contributed by atoms with Gasteiger partial charge in [0.1, 0.15) is 23.3 Å². The number of nitrogens with zero attached hydrogens (tertiary/aromatic N) is 3. The van der Waals surface area contributed by atoms with Gasteiger partial charge < -0.3 is 5.73 Å². The average Bonchev–Trinajstić information content (AvgIpc) is 2.40. The fraction of sp³-hybridized carbons (Fsp3) is 0.214. The van der Waals surface area contributed by atoms with Crippen molar-refractivity contribution in [2.75, 3.05) is 5.73 Å². The van der Waals surface area contributed by atoms with Gasteiger partial charge in [0.05, 0.1) is 6.20 Å². The summed E-state index contributed by atoms with van der Waals surface area (Å²) < 4.78 is 0. The molecule has 4 nitrogen and oxygen atoms in total. The highest BCUT2D eigenvalue weighted by atomic mass is 14.9. The second-order valence-corrected chi connectivity index (χ2v) is 4.04. The molecule has 4 heteroatoms. The van der Waals surface area contributed by atoms with Crippen LogP contribution in [0.2, 0.25) is 0 Å². The van der Waals surface area contributed by atoms with Gasteiger partial charge in [0.15, 0.2) is 0 Å². The molecule has 0 fully saturated rings. The Kier molecular flexibility index (Phi) is 3.87. The lowest BCUT2D eigenvalue weighted by molar-refractivity contribution is 0.772. The zero-order valence-electron chi connectivity index (χ0n) is 10.0. The van der Waals surface area contributed by atoms with E-state index in [2.05, 4.69) is 22.1 Å². The third-order valence-electron chi connectivity index (χ3n) is 2.70. The van der Waals surface area contributed by atoms with Gasteiger partial charge in [-0.05, 0) is 18.4 Å². The molecule has 18 heavy (non-hydrogen) atoms. The number of hydrogen-bond donors (Lipinski definition) is 1. The van der Waals surface area contributed by atoms with E-state index in [0.29, 0.717) is 11.4 Å². The Morgan fingerprint density at radius 2 is 1.94 bits per heavy atom. The van der Waals surface area contributed by atoms with Crippen LogP contribution in [0, 0.1) is 11.3 Å². The molecule has 0 unspecified atom stereocenters. The SMILES string of the molecule is N#Cc1cnc(CCCc2ccccc2)nc1N. The van der Waals surface area contributed by atoms with Gasteiger partial charge >= 0.3 is 0 Å². The third-order valence-corrected chi connectivity index (χ3v) is 2.70. The molecule has 2 N–H and O–H groups in total. The maximum Gasteiger partial charge on any atom is 0.145 e. The van der Waals surface area contributed by atoms with E-state index in [1.807, 2.05) is 24.3 Å². The third kappa shape index (κ3) is 3.05. The van der Waals surface area contributed by atoms with Crippen LogP contribution in [-0.4, -0.2) is 9.97 Å². The summed E-state index contributed by atoms with van der Waals surface area (Å²) in [6.07, 6.45) is 4.21. The minimum atomic E-state index is 0.266. The molecule has 0 aliphatic carbocycles. The maximum absolute atomic E-state index is 8.72. The number of rotatable bonds is 4. The van der Waals surface area contributed by atoms with Crippen molar-refractivity contribution < 1.29 is 0 Å². The molecule has 0 aliphatic heterocycles. The summed E-state index contributed by atoms with van der Waals surface area (Å²) in [4.78, 5) is 8.25. The lowest BCUT2D eigenvalue weighted by Gasteiger charge is -2.02. The first-order valence-corrected chi connectivity index (χ1v) is 5.85. The lowest BCUT2D eigenvalue weighted by Crippen LogP contribution is -2.02. The smallest absolute Gasteiger partial charge is 0.145 e. The molecule has 2 aromatic rings. The van der Waals surface area contributed by atoms with E-state index in [-0.39, 0.29) is 5.82 Å². The van der Waals surface area contributed by atoms with Gasteiger partial charge in [-0.15, -0.1) is 0 Å². The number of nitrogens with two attached hydrogens (primary N) is 1. The number of aryl methyl sites for hydroxylation is 2. The summed E-state index contributed by atoms with van der Waals surface area (Å²) in [6.45, 7) is 0. The van der Waals surface area contributed by atoms with E-state index < -0.39 is 0 Å². The number of anilines is 1. The van der Waals surface area contributed by atoms with Crippen LogP contribution in [0.25, 0.3) is 0 Å². The summed E-state index contributed by atoms with van der Waals surface area (Å²) in [5, 5.41) is 8.72. The summed E-state index contributed by atoms with van der Waals surface area (Å²) in [7, 11) is 0.